The predicted octanol–water partition coefficient (Wildman–Crippen LogP) is 3.80. The van der Waals surface area contributed by atoms with Crippen molar-refractivity contribution >= 4 is 35.0 Å². The highest BCUT2D eigenvalue weighted by Crippen LogP contribution is 2.40. The highest BCUT2D eigenvalue weighted by atomic mass is 32.1. The van der Waals surface area contributed by atoms with Gasteiger partial charge in [0.2, 0.25) is 0 Å². The SMILES string of the molecule is COC(=O)[C@H](Cc1ccccc1)NC(=O)N1CCC2(CCN(C(=S)Nc3ccccc3F)CC2)C1. The molecule has 4 rings (SSSR count). The molecule has 9 heteroatoms. The predicted molar refractivity (Wildman–Crippen MR) is 137 cm³/mol. The zero-order valence-electron chi connectivity index (χ0n) is 19.8. The van der Waals surface area contributed by atoms with Crippen LogP contribution >= 0.6 is 12.2 Å². The number of urea groups is 1. The van der Waals surface area contributed by atoms with Crippen molar-refractivity contribution in [2.45, 2.75) is 31.7 Å². The molecule has 2 amide bonds. The van der Waals surface area contributed by atoms with Crippen molar-refractivity contribution in [1.29, 1.82) is 0 Å². The minimum atomic E-state index is -0.741. The molecule has 2 aromatic carbocycles. The molecular weight excluding hydrogens is 467 g/mol. The molecule has 1 atom stereocenters. The first-order valence-corrected chi connectivity index (χ1v) is 12.3. The molecule has 2 aromatic rings. The first-order chi connectivity index (χ1) is 16.9. The molecule has 0 aromatic heterocycles. The maximum absolute atomic E-state index is 13.9. The third-order valence-electron chi connectivity index (χ3n) is 7.02. The normalized spacial score (nSPS) is 17.7. The number of likely N-dealkylation sites (tertiary alicyclic amines) is 2. The van der Waals surface area contributed by atoms with Gasteiger partial charge in [0, 0.05) is 32.6 Å². The van der Waals surface area contributed by atoms with Gasteiger partial charge in [-0.05, 0) is 54.6 Å². The van der Waals surface area contributed by atoms with Crippen LogP contribution in [-0.4, -0.2) is 66.2 Å². The van der Waals surface area contributed by atoms with Crippen molar-refractivity contribution in [1.82, 2.24) is 15.1 Å². The third kappa shape index (κ3) is 6.08. The smallest absolute Gasteiger partial charge is 0.328 e. The molecule has 186 valence electrons. The summed E-state index contributed by atoms with van der Waals surface area (Å²) in [5.41, 5.74) is 1.35. The molecule has 2 heterocycles. The number of carbonyl (C=O) groups is 2. The Morgan fingerprint density at radius 1 is 1.03 bits per heavy atom. The second-order valence-electron chi connectivity index (χ2n) is 9.28. The summed E-state index contributed by atoms with van der Waals surface area (Å²) < 4.78 is 18.9. The van der Waals surface area contributed by atoms with Crippen molar-refractivity contribution < 1.29 is 18.7 Å². The van der Waals surface area contributed by atoms with Crippen LogP contribution in [0.25, 0.3) is 0 Å². The van der Waals surface area contributed by atoms with Crippen LogP contribution in [0.2, 0.25) is 0 Å². The number of anilines is 1. The molecule has 2 N–H and O–H groups in total. The van der Waals surface area contributed by atoms with E-state index in [4.69, 9.17) is 17.0 Å². The lowest BCUT2D eigenvalue weighted by atomic mass is 9.78. The van der Waals surface area contributed by atoms with E-state index in [1.54, 1.807) is 23.1 Å². The second-order valence-corrected chi connectivity index (χ2v) is 9.67. The van der Waals surface area contributed by atoms with Gasteiger partial charge in [0.05, 0.1) is 12.8 Å². The standard InChI is InChI=1S/C26H31FN4O3S/c1-34-23(32)22(17-19-7-3-2-4-8-19)28-24(33)31-16-13-26(18-31)11-14-30(15-12-26)25(35)29-21-10-6-5-9-20(21)27/h2-10,22H,11-18H2,1H3,(H,28,33)(H,29,35)/t22-/m0/s1. The lowest BCUT2D eigenvalue weighted by Gasteiger charge is -2.40. The monoisotopic (exact) mass is 498 g/mol. The summed E-state index contributed by atoms with van der Waals surface area (Å²) in [5.74, 6) is -0.793. The average Bonchev–Trinajstić information content (AvgIpc) is 3.29. The van der Waals surface area contributed by atoms with Crippen molar-refractivity contribution in [3.05, 3.63) is 66.0 Å². The number of methoxy groups -OCH3 is 1. The van der Waals surface area contributed by atoms with Crippen molar-refractivity contribution in [3.8, 4) is 0 Å². The molecule has 2 aliphatic heterocycles. The van der Waals surface area contributed by atoms with Crippen molar-refractivity contribution in [2.75, 3.05) is 38.6 Å². The number of hydrogen-bond acceptors (Lipinski definition) is 4. The largest absolute Gasteiger partial charge is 0.467 e. The van der Waals surface area contributed by atoms with Gasteiger partial charge < -0.3 is 25.2 Å². The van der Waals surface area contributed by atoms with E-state index in [2.05, 4.69) is 15.5 Å². The number of nitrogens with zero attached hydrogens (tertiary/aromatic N) is 2. The average molecular weight is 499 g/mol. The highest BCUT2D eigenvalue weighted by Gasteiger charge is 2.43. The Kier molecular flexibility index (Phi) is 7.85. The van der Waals surface area contributed by atoms with Crippen LogP contribution in [0.1, 0.15) is 24.8 Å². The van der Waals surface area contributed by atoms with Gasteiger partial charge in [-0.15, -0.1) is 0 Å². The topological polar surface area (TPSA) is 73.9 Å². The van der Waals surface area contributed by atoms with E-state index in [0.717, 1.165) is 37.9 Å². The van der Waals surface area contributed by atoms with Crippen LogP contribution in [-0.2, 0) is 16.0 Å². The van der Waals surface area contributed by atoms with Gasteiger partial charge in [0.1, 0.15) is 11.9 Å². The van der Waals surface area contributed by atoms with Crippen LogP contribution in [0.4, 0.5) is 14.9 Å². The number of para-hydroxylation sites is 1. The van der Waals surface area contributed by atoms with E-state index < -0.39 is 12.0 Å². The van der Waals surface area contributed by atoms with Gasteiger partial charge in [-0.2, -0.15) is 0 Å². The number of ether oxygens (including phenoxy) is 1. The number of halogens is 1. The number of nitrogens with one attached hydrogen (secondary N) is 2. The molecular formula is C26H31FN4O3S. The molecule has 0 unspecified atom stereocenters. The van der Waals surface area contributed by atoms with Crippen LogP contribution in [0.3, 0.4) is 0 Å². The highest BCUT2D eigenvalue weighted by molar-refractivity contribution is 7.80. The molecule has 0 aliphatic carbocycles. The van der Waals surface area contributed by atoms with E-state index in [1.807, 2.05) is 30.3 Å². The Morgan fingerprint density at radius 2 is 1.66 bits per heavy atom. The lowest BCUT2D eigenvalue weighted by Crippen LogP contribution is -2.50. The van der Waals surface area contributed by atoms with Gasteiger partial charge in [-0.1, -0.05) is 42.5 Å². The van der Waals surface area contributed by atoms with Crippen LogP contribution in [0.15, 0.2) is 54.6 Å². The molecule has 0 bridgehead atoms. The fourth-order valence-electron chi connectivity index (χ4n) is 4.88. The maximum atomic E-state index is 13.9. The molecule has 1 spiro atoms. The Morgan fingerprint density at radius 3 is 2.31 bits per heavy atom. The summed E-state index contributed by atoms with van der Waals surface area (Å²) in [6.45, 7) is 2.77. The van der Waals surface area contributed by atoms with Gasteiger partial charge >= 0.3 is 12.0 Å². The summed E-state index contributed by atoms with van der Waals surface area (Å²) >= 11 is 5.51. The molecule has 2 fully saturated rings. The van der Waals surface area contributed by atoms with Gasteiger partial charge in [0.25, 0.3) is 0 Å². The number of thiocarbonyl (C=S) groups is 1. The number of benzene rings is 2. The second kappa shape index (κ2) is 11.0. The van der Waals surface area contributed by atoms with Gasteiger partial charge in [-0.3, -0.25) is 0 Å². The number of carbonyl (C=O) groups excluding carboxylic acids is 2. The van der Waals surface area contributed by atoms with E-state index in [-0.39, 0.29) is 17.3 Å². The van der Waals surface area contributed by atoms with Gasteiger partial charge in [-0.25, -0.2) is 14.0 Å². The quantitative estimate of drug-likeness (QED) is 0.483. The number of piperidine rings is 1. The zero-order chi connectivity index (χ0) is 24.8. The van der Waals surface area contributed by atoms with Crippen LogP contribution < -0.4 is 10.6 Å². The van der Waals surface area contributed by atoms with E-state index in [9.17, 15) is 14.0 Å². The molecule has 2 aliphatic rings. The minimum absolute atomic E-state index is 0.0294. The summed E-state index contributed by atoms with van der Waals surface area (Å²) in [6, 6.07) is 15.1. The molecule has 35 heavy (non-hydrogen) atoms. The number of esters is 1. The van der Waals surface area contributed by atoms with Crippen LogP contribution in [0, 0.1) is 11.2 Å². The fraction of sp³-hybridized carbons (Fsp3) is 0.423. The van der Waals surface area contributed by atoms with E-state index in [0.29, 0.717) is 30.3 Å². The summed E-state index contributed by atoms with van der Waals surface area (Å²) in [6.07, 6.45) is 3.06. The Balaban J connectivity index is 1.30. The Bertz CT molecular complexity index is 1060. The summed E-state index contributed by atoms with van der Waals surface area (Å²) in [4.78, 5) is 29.2. The molecule has 0 radical (unpaired) electrons. The number of amides is 2. The lowest BCUT2D eigenvalue weighted by molar-refractivity contribution is -0.142. The first kappa shape index (κ1) is 24.9. The van der Waals surface area contributed by atoms with E-state index >= 15 is 0 Å². The summed E-state index contributed by atoms with van der Waals surface area (Å²) in [7, 11) is 1.33. The van der Waals surface area contributed by atoms with Crippen molar-refractivity contribution in [2.24, 2.45) is 5.41 Å². The number of rotatable bonds is 5. The summed E-state index contributed by atoms with van der Waals surface area (Å²) in [5, 5.41) is 6.40. The Labute approximate surface area is 210 Å². The molecule has 0 saturated carbocycles. The number of hydrogen-bond donors (Lipinski definition) is 2. The maximum Gasteiger partial charge on any atom is 0.328 e. The molecule has 7 nitrogen and oxygen atoms in total. The van der Waals surface area contributed by atoms with E-state index in [1.165, 1.54) is 13.2 Å². The zero-order valence-corrected chi connectivity index (χ0v) is 20.7. The van der Waals surface area contributed by atoms with Crippen molar-refractivity contribution in [3.63, 3.8) is 0 Å². The van der Waals surface area contributed by atoms with Gasteiger partial charge in [0.15, 0.2) is 5.11 Å². The Hall–Kier alpha value is -3.20. The third-order valence-corrected chi connectivity index (χ3v) is 7.38. The van der Waals surface area contributed by atoms with Crippen LogP contribution in [0.5, 0.6) is 0 Å². The minimum Gasteiger partial charge on any atom is -0.467 e. The first-order valence-electron chi connectivity index (χ1n) is 11.9. The fourth-order valence-corrected chi connectivity index (χ4v) is 5.18. The molecule has 2 saturated heterocycles.